The first-order valence-corrected chi connectivity index (χ1v) is 13.6. The molecule has 2 amide bonds. The molecule has 0 heterocycles. The Labute approximate surface area is 237 Å². The molecule has 0 saturated heterocycles. The van der Waals surface area contributed by atoms with Gasteiger partial charge in [0.15, 0.2) is 0 Å². The molecule has 0 aliphatic carbocycles. The number of aliphatic hydroxyl groups is 1. The first-order valence-electron chi connectivity index (χ1n) is 13.6. The van der Waals surface area contributed by atoms with E-state index in [4.69, 9.17) is 9.47 Å². The van der Waals surface area contributed by atoms with Gasteiger partial charge in [0, 0.05) is 12.5 Å². The predicted octanol–water partition coefficient (Wildman–Crippen LogP) is 3.75. The first-order chi connectivity index (χ1) is 19.4. The largest absolute Gasteiger partial charge is 0.463 e. The Hall–Kier alpha value is -3.75. The van der Waals surface area contributed by atoms with Gasteiger partial charge in [-0.3, -0.25) is 14.4 Å². The molecule has 2 rings (SSSR count). The lowest BCUT2D eigenvalue weighted by Crippen LogP contribution is -2.46. The van der Waals surface area contributed by atoms with Crippen LogP contribution in [0.1, 0.15) is 37.3 Å². The number of carbonyl (C=O) groups is 3. The van der Waals surface area contributed by atoms with E-state index in [9.17, 15) is 19.5 Å². The van der Waals surface area contributed by atoms with Gasteiger partial charge in [-0.2, -0.15) is 0 Å². The molecule has 216 valence electrons. The number of aliphatic hydroxyl groups excluding tert-OH is 1. The quantitative estimate of drug-likeness (QED) is 0.181. The molecule has 2 aromatic rings. The number of nitrogens with one attached hydrogen (secondary N) is 2. The Morgan fingerprint density at radius 1 is 0.875 bits per heavy atom. The van der Waals surface area contributed by atoms with Gasteiger partial charge in [0.1, 0.15) is 6.61 Å². The molecule has 0 saturated carbocycles. The van der Waals surface area contributed by atoms with Crippen molar-refractivity contribution in [3.63, 3.8) is 0 Å². The van der Waals surface area contributed by atoms with Gasteiger partial charge in [0.05, 0.1) is 37.7 Å². The molecule has 0 radical (unpaired) electrons. The number of benzene rings is 2. The Bertz CT molecular complexity index is 1060. The third-order valence-corrected chi connectivity index (χ3v) is 6.25. The van der Waals surface area contributed by atoms with Crippen LogP contribution in [0.3, 0.4) is 0 Å². The highest BCUT2D eigenvalue weighted by molar-refractivity contribution is 5.86. The molecule has 8 nitrogen and oxygen atoms in total. The van der Waals surface area contributed by atoms with E-state index in [-0.39, 0.29) is 50.4 Å². The van der Waals surface area contributed by atoms with Crippen LogP contribution in [0.4, 0.5) is 0 Å². The fourth-order valence-electron chi connectivity index (χ4n) is 4.09. The fraction of sp³-hybridized carbons (Fsp3) is 0.406. The van der Waals surface area contributed by atoms with Crippen LogP contribution >= 0.6 is 0 Å². The van der Waals surface area contributed by atoms with E-state index < -0.39 is 23.9 Å². The van der Waals surface area contributed by atoms with Crippen LogP contribution in [0.2, 0.25) is 0 Å². The summed E-state index contributed by atoms with van der Waals surface area (Å²) >= 11 is 0. The number of esters is 1. The van der Waals surface area contributed by atoms with Crippen molar-refractivity contribution in [2.75, 3.05) is 19.8 Å². The minimum absolute atomic E-state index is 0.0714. The summed E-state index contributed by atoms with van der Waals surface area (Å²) in [5.41, 5.74) is 1.99. The van der Waals surface area contributed by atoms with Crippen LogP contribution in [0.15, 0.2) is 86.0 Å². The van der Waals surface area contributed by atoms with Crippen molar-refractivity contribution in [2.45, 2.75) is 51.3 Å². The summed E-state index contributed by atoms with van der Waals surface area (Å²) in [5, 5.41) is 14.8. The number of hydrogen-bond acceptors (Lipinski definition) is 6. The molecule has 0 aliphatic heterocycles. The van der Waals surface area contributed by atoms with Gasteiger partial charge >= 0.3 is 5.97 Å². The number of allylic oxidation sites excluding steroid dienone is 2. The van der Waals surface area contributed by atoms with Gasteiger partial charge in [-0.05, 0) is 37.3 Å². The van der Waals surface area contributed by atoms with Gasteiger partial charge in [-0.25, -0.2) is 0 Å². The zero-order valence-electron chi connectivity index (χ0n) is 23.3. The Morgan fingerprint density at radius 2 is 1.48 bits per heavy atom. The van der Waals surface area contributed by atoms with Crippen LogP contribution in [-0.4, -0.2) is 54.8 Å². The van der Waals surface area contributed by atoms with Crippen LogP contribution in [0.25, 0.3) is 0 Å². The zero-order valence-corrected chi connectivity index (χ0v) is 23.3. The Morgan fingerprint density at radius 3 is 2.08 bits per heavy atom. The molecule has 8 heteroatoms. The molecule has 4 atom stereocenters. The lowest BCUT2D eigenvalue weighted by Gasteiger charge is -2.23. The van der Waals surface area contributed by atoms with E-state index >= 15 is 0 Å². The highest BCUT2D eigenvalue weighted by atomic mass is 16.5. The Balaban J connectivity index is 2.06. The van der Waals surface area contributed by atoms with Crippen molar-refractivity contribution in [1.82, 2.24) is 10.6 Å². The topological polar surface area (TPSA) is 114 Å². The van der Waals surface area contributed by atoms with E-state index in [0.717, 1.165) is 11.1 Å². The maximum absolute atomic E-state index is 13.2. The summed E-state index contributed by atoms with van der Waals surface area (Å²) in [7, 11) is 0. The van der Waals surface area contributed by atoms with Gasteiger partial charge in [0.2, 0.25) is 11.8 Å². The van der Waals surface area contributed by atoms with Crippen molar-refractivity contribution in [2.24, 2.45) is 11.8 Å². The third-order valence-electron chi connectivity index (χ3n) is 6.25. The van der Waals surface area contributed by atoms with E-state index in [1.807, 2.05) is 60.7 Å². The first kappa shape index (κ1) is 32.5. The summed E-state index contributed by atoms with van der Waals surface area (Å²) in [6.45, 7) is 9.29. The summed E-state index contributed by atoms with van der Waals surface area (Å²) in [6, 6.07) is 18.2. The SMILES string of the molecule is C=CC[C@@H](CC(=O)N[C@@H](C)CO)C(=O)N[C@@H](COCc1ccccc1)COC(=O)[C@H](CC=C)Cc1ccccc1. The maximum Gasteiger partial charge on any atom is 0.309 e. The van der Waals surface area contributed by atoms with Crippen LogP contribution in [0, 0.1) is 11.8 Å². The fourth-order valence-corrected chi connectivity index (χ4v) is 4.09. The average molecular weight is 551 g/mol. The Kier molecular flexibility index (Phi) is 15.0. The lowest BCUT2D eigenvalue weighted by atomic mass is 9.96. The standard InChI is InChI=1S/C32H42N2O6/c1-4-12-27(19-30(36)33-24(3)20-35)31(37)34-29(22-39-21-26-16-10-7-11-17-26)23-40-32(38)28(13-5-2)18-25-14-8-6-9-15-25/h4-11,14-17,24,27-29,35H,1-2,12-13,18-23H2,3H3,(H,33,36)(H,34,37)/t24-,27-,28+,29-/m0/s1. The zero-order chi connectivity index (χ0) is 29.2. The molecule has 3 N–H and O–H groups in total. The number of amides is 2. The maximum atomic E-state index is 13.2. The van der Waals surface area contributed by atoms with E-state index in [1.54, 1.807) is 19.1 Å². The van der Waals surface area contributed by atoms with Crippen molar-refractivity contribution in [3.8, 4) is 0 Å². The molecule has 40 heavy (non-hydrogen) atoms. The predicted molar refractivity (Wildman–Crippen MR) is 155 cm³/mol. The number of carbonyl (C=O) groups excluding carboxylic acids is 3. The second-order valence-corrected chi connectivity index (χ2v) is 9.82. The molecule has 0 bridgehead atoms. The monoisotopic (exact) mass is 550 g/mol. The summed E-state index contributed by atoms with van der Waals surface area (Å²) < 4.78 is 11.5. The summed E-state index contributed by atoms with van der Waals surface area (Å²) in [5.74, 6) is -2.19. The molecular formula is C32H42N2O6. The number of ether oxygens (including phenoxy) is 2. The molecule has 0 aliphatic rings. The highest BCUT2D eigenvalue weighted by Crippen LogP contribution is 2.16. The number of rotatable bonds is 19. The third kappa shape index (κ3) is 12.4. The van der Waals surface area contributed by atoms with Crippen molar-refractivity contribution < 1.29 is 29.0 Å². The molecule has 0 spiro atoms. The second kappa shape index (κ2) is 18.5. The van der Waals surface area contributed by atoms with Gasteiger partial charge in [0.25, 0.3) is 0 Å². The minimum atomic E-state index is -0.678. The molecule has 0 aromatic heterocycles. The molecule has 2 aromatic carbocycles. The average Bonchev–Trinajstić information content (AvgIpc) is 2.96. The van der Waals surface area contributed by atoms with Crippen molar-refractivity contribution in [3.05, 3.63) is 97.1 Å². The number of hydrogen-bond donors (Lipinski definition) is 3. The van der Waals surface area contributed by atoms with E-state index in [2.05, 4.69) is 23.8 Å². The van der Waals surface area contributed by atoms with E-state index in [1.165, 1.54) is 0 Å². The summed E-state index contributed by atoms with van der Waals surface area (Å²) in [4.78, 5) is 38.6. The van der Waals surface area contributed by atoms with Crippen molar-refractivity contribution in [1.29, 1.82) is 0 Å². The molecule has 0 unspecified atom stereocenters. The molecular weight excluding hydrogens is 508 g/mol. The van der Waals surface area contributed by atoms with E-state index in [0.29, 0.717) is 19.4 Å². The van der Waals surface area contributed by atoms with Gasteiger partial charge in [-0.15, -0.1) is 13.2 Å². The van der Waals surface area contributed by atoms with Crippen LogP contribution in [0.5, 0.6) is 0 Å². The lowest BCUT2D eigenvalue weighted by molar-refractivity contribution is -0.150. The van der Waals surface area contributed by atoms with Gasteiger partial charge < -0.3 is 25.2 Å². The minimum Gasteiger partial charge on any atom is -0.463 e. The summed E-state index contributed by atoms with van der Waals surface area (Å²) in [6.07, 6.45) is 4.45. The second-order valence-electron chi connectivity index (χ2n) is 9.82. The van der Waals surface area contributed by atoms with Crippen LogP contribution < -0.4 is 10.6 Å². The van der Waals surface area contributed by atoms with Crippen LogP contribution in [-0.2, 0) is 36.9 Å². The van der Waals surface area contributed by atoms with Gasteiger partial charge in [-0.1, -0.05) is 72.8 Å². The normalized spacial score (nSPS) is 13.8. The smallest absolute Gasteiger partial charge is 0.309 e. The van der Waals surface area contributed by atoms with Crippen molar-refractivity contribution >= 4 is 17.8 Å². The highest BCUT2D eigenvalue weighted by Gasteiger charge is 2.26. The molecule has 0 fully saturated rings.